The molecule has 1 saturated heterocycles. The molecule has 168 valence electrons. The van der Waals surface area contributed by atoms with Crippen LogP contribution in [0.3, 0.4) is 0 Å². The molecule has 4 atom stereocenters. The van der Waals surface area contributed by atoms with E-state index in [-0.39, 0.29) is 0 Å². The zero-order valence-corrected chi connectivity index (χ0v) is 26.0. The van der Waals surface area contributed by atoms with Crippen LogP contribution >= 0.6 is 0 Å². The van der Waals surface area contributed by atoms with E-state index < -0.39 is 28.4 Å². The lowest BCUT2D eigenvalue weighted by Gasteiger charge is -2.86. The van der Waals surface area contributed by atoms with E-state index in [1.165, 1.54) is 25.7 Å². The Morgan fingerprint density at radius 2 is 0.500 bits per heavy atom. The Hall–Kier alpha value is 0.868. The third kappa shape index (κ3) is 2.75. The van der Waals surface area contributed by atoms with Gasteiger partial charge in [0.05, 0.1) is 0 Å². The normalized spacial score (nSPS) is 39.9. The van der Waals surface area contributed by atoms with Crippen molar-refractivity contribution in [2.75, 3.05) is 0 Å². The van der Waals surface area contributed by atoms with Crippen LogP contribution in [0.25, 0.3) is 0 Å². The van der Waals surface area contributed by atoms with Crippen LogP contribution in [-0.2, 0) is 0 Å². The molecule has 0 nitrogen and oxygen atoms in total. The molecular formula is C24H56Si4. The summed E-state index contributed by atoms with van der Waals surface area (Å²) in [6.07, 6.45) is 5.91. The van der Waals surface area contributed by atoms with Crippen molar-refractivity contribution >= 4 is 28.4 Å². The molecule has 0 aromatic carbocycles. The Bertz CT molecular complexity index is 393. The lowest BCUT2D eigenvalue weighted by atomic mass is 10.4. The topological polar surface area (TPSA) is 0 Å². The van der Waals surface area contributed by atoms with E-state index in [1.54, 1.807) is 24.2 Å². The highest BCUT2D eigenvalue weighted by atomic mass is 30.2. The van der Waals surface area contributed by atoms with Crippen molar-refractivity contribution in [3.05, 3.63) is 0 Å². The maximum absolute atomic E-state index is 2.78. The fourth-order valence-corrected chi connectivity index (χ4v) is 177. The van der Waals surface area contributed by atoms with E-state index in [1.807, 2.05) is 0 Å². The van der Waals surface area contributed by atoms with Crippen molar-refractivity contribution in [2.45, 2.75) is 155 Å². The zero-order valence-electron chi connectivity index (χ0n) is 22.0. The third-order valence-electron chi connectivity index (χ3n) is 11.2. The van der Waals surface area contributed by atoms with Gasteiger partial charge in [-0.05, 0) is 0 Å². The summed E-state index contributed by atoms with van der Waals surface area (Å²) in [6.45, 7) is 32.2. The second-order valence-electron chi connectivity index (χ2n) is 10.5. The zero-order chi connectivity index (χ0) is 22.0. The van der Waals surface area contributed by atoms with Crippen LogP contribution < -0.4 is 0 Å². The van der Waals surface area contributed by atoms with E-state index in [4.69, 9.17) is 0 Å². The predicted octanol–water partition coefficient (Wildman–Crippen LogP) is 9.39. The van der Waals surface area contributed by atoms with Crippen LogP contribution in [0.1, 0.15) is 109 Å². The molecule has 4 heteroatoms. The lowest BCUT2D eigenvalue weighted by molar-refractivity contribution is 0.784. The van der Waals surface area contributed by atoms with Crippen molar-refractivity contribution in [1.29, 1.82) is 0 Å². The highest BCUT2D eigenvalue weighted by Gasteiger charge is 2.89. The van der Waals surface area contributed by atoms with Crippen molar-refractivity contribution in [3.63, 3.8) is 0 Å². The van der Waals surface area contributed by atoms with Gasteiger partial charge in [0.1, 0.15) is 0 Å². The SMILES string of the molecule is CCC(C)[Si]1(CC)[Si](CC)(C(C)CC)[Si](CC)(C(C)CC)[Si]1(CC)C(C)CC. The summed E-state index contributed by atoms with van der Waals surface area (Å²) in [5.74, 6) is 0. The Kier molecular flexibility index (Phi) is 9.60. The van der Waals surface area contributed by atoms with Crippen molar-refractivity contribution in [2.24, 2.45) is 0 Å². The van der Waals surface area contributed by atoms with E-state index in [0.717, 1.165) is 22.2 Å². The monoisotopic (exact) mass is 456 g/mol. The van der Waals surface area contributed by atoms with Crippen LogP contribution in [0.5, 0.6) is 0 Å². The smallest absolute Gasteiger partial charge is 0.0407 e. The molecule has 0 N–H and O–H groups in total. The molecule has 0 spiro atoms. The fraction of sp³-hybridized carbons (Fsp3) is 1.00. The molecule has 0 aromatic rings. The summed E-state index contributed by atoms with van der Waals surface area (Å²) >= 11 is 0. The first kappa shape index (κ1) is 26.9. The van der Waals surface area contributed by atoms with Crippen LogP contribution in [-0.4, -0.2) is 28.4 Å². The first-order chi connectivity index (χ1) is 13.2. The van der Waals surface area contributed by atoms with Crippen LogP contribution in [0, 0.1) is 0 Å². The van der Waals surface area contributed by atoms with Crippen LogP contribution in [0.15, 0.2) is 0 Å². The molecule has 1 aliphatic rings. The van der Waals surface area contributed by atoms with Crippen LogP contribution in [0.2, 0.25) is 46.3 Å². The van der Waals surface area contributed by atoms with Gasteiger partial charge in [-0.25, -0.2) is 0 Å². The average Bonchev–Trinajstić information content (AvgIpc) is 2.73. The molecule has 0 saturated carbocycles. The number of rotatable bonds is 12. The van der Waals surface area contributed by atoms with Crippen molar-refractivity contribution in [3.8, 4) is 0 Å². The lowest BCUT2D eigenvalue weighted by Crippen LogP contribution is -3.09. The predicted molar refractivity (Wildman–Crippen MR) is 144 cm³/mol. The number of hydrogen-bond acceptors (Lipinski definition) is 0. The highest BCUT2D eigenvalue weighted by Crippen LogP contribution is 2.72. The van der Waals surface area contributed by atoms with Gasteiger partial charge < -0.3 is 0 Å². The maximum atomic E-state index is 2.78. The highest BCUT2D eigenvalue weighted by molar-refractivity contribution is 8.15. The Labute approximate surface area is 183 Å². The molecule has 0 aliphatic carbocycles. The molecule has 0 bridgehead atoms. The molecular weight excluding hydrogens is 401 g/mol. The maximum Gasteiger partial charge on any atom is 0.0407 e. The summed E-state index contributed by atoms with van der Waals surface area (Å²) in [6, 6.07) is 6.62. The fourth-order valence-electron chi connectivity index (χ4n) is 10.4. The largest absolute Gasteiger partial charge is 0.0682 e. The van der Waals surface area contributed by atoms with E-state index in [0.29, 0.717) is 0 Å². The minimum Gasteiger partial charge on any atom is -0.0682 e. The van der Waals surface area contributed by atoms with Gasteiger partial charge in [0.2, 0.25) is 0 Å². The van der Waals surface area contributed by atoms with Gasteiger partial charge in [-0.15, -0.1) is 0 Å². The summed E-state index contributed by atoms with van der Waals surface area (Å²) in [4.78, 5) is 0. The number of hydrogen-bond donors (Lipinski definition) is 0. The van der Waals surface area contributed by atoms with Gasteiger partial charge >= 0.3 is 0 Å². The van der Waals surface area contributed by atoms with Crippen LogP contribution in [0.4, 0.5) is 0 Å². The first-order valence-electron chi connectivity index (χ1n) is 13.2. The van der Waals surface area contributed by atoms with E-state index >= 15 is 0 Å². The van der Waals surface area contributed by atoms with E-state index in [2.05, 4.69) is 83.1 Å². The third-order valence-corrected chi connectivity index (χ3v) is 111. The molecule has 4 unspecified atom stereocenters. The Balaban J connectivity index is 4.17. The van der Waals surface area contributed by atoms with Crippen molar-refractivity contribution in [1.82, 2.24) is 0 Å². The molecule has 1 rings (SSSR count). The van der Waals surface area contributed by atoms with Gasteiger partial charge in [-0.2, -0.15) is 0 Å². The second kappa shape index (κ2) is 9.99. The van der Waals surface area contributed by atoms with Gasteiger partial charge in [-0.3, -0.25) is 0 Å². The Morgan fingerprint density at radius 1 is 0.357 bits per heavy atom. The van der Waals surface area contributed by atoms with Crippen molar-refractivity contribution < 1.29 is 0 Å². The molecule has 1 fully saturated rings. The Morgan fingerprint density at radius 3 is 0.571 bits per heavy atom. The molecule has 1 aliphatic heterocycles. The summed E-state index contributed by atoms with van der Waals surface area (Å²) in [7, 11) is -4.97. The first-order valence-corrected chi connectivity index (χ1v) is 26.3. The van der Waals surface area contributed by atoms with Gasteiger partial charge in [-0.1, -0.05) is 155 Å². The molecule has 0 amide bonds. The standard InChI is InChI=1S/C24H56Si4/c1-13-21(9)25(17-5)26(18-6,22(10)14-2)28(20-8,24(12)16-4)27(25,19-7)23(11)15-3/h21-24H,13-20H2,1-12H3. The molecule has 1 heterocycles. The van der Waals surface area contributed by atoms with E-state index in [9.17, 15) is 0 Å². The minimum absolute atomic E-state index is 1.09. The summed E-state index contributed by atoms with van der Waals surface area (Å²) in [5.41, 5.74) is 4.37. The second-order valence-corrected chi connectivity index (χ2v) is 52.5. The summed E-state index contributed by atoms with van der Waals surface area (Å²) < 4.78 is 0. The summed E-state index contributed by atoms with van der Waals surface area (Å²) in [5, 5.41) is 0. The minimum atomic E-state index is -1.24. The van der Waals surface area contributed by atoms with Gasteiger partial charge in [0.25, 0.3) is 0 Å². The van der Waals surface area contributed by atoms with Gasteiger partial charge in [0.15, 0.2) is 0 Å². The molecule has 0 aromatic heterocycles. The quantitative estimate of drug-likeness (QED) is 0.256. The average molecular weight is 457 g/mol. The van der Waals surface area contributed by atoms with Gasteiger partial charge in [0, 0.05) is 28.4 Å². The molecule has 0 radical (unpaired) electrons. The molecule has 28 heavy (non-hydrogen) atoms.